The van der Waals surface area contributed by atoms with E-state index in [9.17, 15) is 4.39 Å². The SMILES string of the molecule is CNc1ncc(-c2cc(F)ccc2OC)[nH]1. The van der Waals surface area contributed by atoms with Crippen molar-refractivity contribution in [3.8, 4) is 17.0 Å². The quantitative estimate of drug-likeness (QED) is 0.835. The molecule has 1 aromatic heterocycles. The molecule has 2 N–H and O–H groups in total. The molecule has 4 nitrogen and oxygen atoms in total. The lowest BCUT2D eigenvalue weighted by atomic mass is 10.1. The Morgan fingerprint density at radius 2 is 2.25 bits per heavy atom. The minimum absolute atomic E-state index is 0.309. The van der Waals surface area contributed by atoms with Crippen LogP contribution in [-0.2, 0) is 0 Å². The molecule has 2 aromatic rings. The largest absolute Gasteiger partial charge is 0.496 e. The topological polar surface area (TPSA) is 49.9 Å². The van der Waals surface area contributed by atoms with E-state index in [1.165, 1.54) is 12.1 Å². The maximum Gasteiger partial charge on any atom is 0.200 e. The van der Waals surface area contributed by atoms with Gasteiger partial charge in [0, 0.05) is 12.6 Å². The van der Waals surface area contributed by atoms with E-state index in [-0.39, 0.29) is 5.82 Å². The summed E-state index contributed by atoms with van der Waals surface area (Å²) in [6.07, 6.45) is 1.63. The van der Waals surface area contributed by atoms with E-state index in [4.69, 9.17) is 4.74 Å². The summed E-state index contributed by atoms with van der Waals surface area (Å²) in [6, 6.07) is 4.36. The number of hydrogen-bond acceptors (Lipinski definition) is 3. The maximum absolute atomic E-state index is 13.2. The van der Waals surface area contributed by atoms with Crippen molar-refractivity contribution in [2.45, 2.75) is 0 Å². The summed E-state index contributed by atoms with van der Waals surface area (Å²) < 4.78 is 18.3. The highest BCUT2D eigenvalue weighted by Crippen LogP contribution is 2.29. The summed E-state index contributed by atoms with van der Waals surface area (Å²) in [5.74, 6) is 0.922. The monoisotopic (exact) mass is 221 g/mol. The highest BCUT2D eigenvalue weighted by atomic mass is 19.1. The lowest BCUT2D eigenvalue weighted by molar-refractivity contribution is 0.415. The summed E-state index contributed by atoms with van der Waals surface area (Å²) >= 11 is 0. The molecule has 1 aromatic carbocycles. The number of anilines is 1. The normalized spacial score (nSPS) is 10.2. The molecule has 1 heterocycles. The van der Waals surface area contributed by atoms with Crippen LogP contribution >= 0.6 is 0 Å². The Bertz CT molecular complexity index is 496. The number of nitrogens with zero attached hydrogens (tertiary/aromatic N) is 1. The van der Waals surface area contributed by atoms with Gasteiger partial charge in [-0.25, -0.2) is 9.37 Å². The summed E-state index contributed by atoms with van der Waals surface area (Å²) in [4.78, 5) is 7.08. The van der Waals surface area contributed by atoms with Crippen molar-refractivity contribution in [2.75, 3.05) is 19.5 Å². The number of benzene rings is 1. The molecule has 0 saturated carbocycles. The second-order valence-corrected chi connectivity index (χ2v) is 3.24. The first-order valence-corrected chi connectivity index (χ1v) is 4.81. The van der Waals surface area contributed by atoms with Gasteiger partial charge >= 0.3 is 0 Å². The first kappa shape index (κ1) is 10.5. The first-order valence-electron chi connectivity index (χ1n) is 4.81. The molecule has 5 heteroatoms. The number of imidazole rings is 1. The fourth-order valence-corrected chi connectivity index (χ4v) is 1.48. The third-order valence-corrected chi connectivity index (χ3v) is 2.26. The lowest BCUT2D eigenvalue weighted by Gasteiger charge is -2.06. The predicted octanol–water partition coefficient (Wildman–Crippen LogP) is 2.27. The van der Waals surface area contributed by atoms with Crippen molar-refractivity contribution in [2.24, 2.45) is 0 Å². The van der Waals surface area contributed by atoms with Gasteiger partial charge in [-0.15, -0.1) is 0 Å². The minimum atomic E-state index is -0.309. The average molecular weight is 221 g/mol. The van der Waals surface area contributed by atoms with Gasteiger partial charge in [-0.2, -0.15) is 0 Å². The first-order chi connectivity index (χ1) is 7.74. The van der Waals surface area contributed by atoms with Crippen molar-refractivity contribution in [1.82, 2.24) is 9.97 Å². The van der Waals surface area contributed by atoms with Gasteiger partial charge in [-0.05, 0) is 18.2 Å². The second-order valence-electron chi connectivity index (χ2n) is 3.24. The smallest absolute Gasteiger partial charge is 0.200 e. The molecule has 0 saturated heterocycles. The van der Waals surface area contributed by atoms with Gasteiger partial charge in [0.05, 0.1) is 19.0 Å². The van der Waals surface area contributed by atoms with Crippen LogP contribution in [0.2, 0.25) is 0 Å². The van der Waals surface area contributed by atoms with Crippen molar-refractivity contribution in [1.29, 1.82) is 0 Å². The zero-order chi connectivity index (χ0) is 11.5. The zero-order valence-electron chi connectivity index (χ0n) is 9.04. The molecule has 84 valence electrons. The van der Waals surface area contributed by atoms with Crippen LogP contribution in [0, 0.1) is 5.82 Å². The van der Waals surface area contributed by atoms with Crippen molar-refractivity contribution < 1.29 is 9.13 Å². The number of aromatic nitrogens is 2. The summed E-state index contributed by atoms with van der Waals surface area (Å²) in [5.41, 5.74) is 1.36. The molecule has 0 bridgehead atoms. The van der Waals surface area contributed by atoms with Crippen molar-refractivity contribution in [3.05, 3.63) is 30.2 Å². The van der Waals surface area contributed by atoms with Crippen LogP contribution in [-0.4, -0.2) is 24.1 Å². The van der Waals surface area contributed by atoms with Crippen molar-refractivity contribution >= 4 is 5.95 Å². The van der Waals surface area contributed by atoms with Crippen LogP contribution in [0.25, 0.3) is 11.3 Å². The van der Waals surface area contributed by atoms with Gasteiger partial charge in [0.25, 0.3) is 0 Å². The van der Waals surface area contributed by atoms with E-state index in [0.717, 1.165) is 0 Å². The van der Waals surface area contributed by atoms with Gasteiger partial charge in [-0.1, -0.05) is 0 Å². The van der Waals surface area contributed by atoms with Gasteiger partial charge in [0.2, 0.25) is 0 Å². The number of hydrogen-bond donors (Lipinski definition) is 2. The fourth-order valence-electron chi connectivity index (χ4n) is 1.48. The van der Waals surface area contributed by atoms with E-state index >= 15 is 0 Å². The number of halogens is 1. The van der Waals surface area contributed by atoms with Crippen LogP contribution in [0.1, 0.15) is 0 Å². The van der Waals surface area contributed by atoms with Crippen LogP contribution in [0.15, 0.2) is 24.4 Å². The summed E-state index contributed by atoms with van der Waals surface area (Å²) in [7, 11) is 3.30. The van der Waals surface area contributed by atoms with Gasteiger partial charge in [0.1, 0.15) is 11.6 Å². The standard InChI is InChI=1S/C11H12FN3O/c1-13-11-14-6-9(15-11)8-5-7(12)3-4-10(8)16-2/h3-6H,1-2H3,(H2,13,14,15). The van der Waals surface area contributed by atoms with Crippen molar-refractivity contribution in [3.63, 3.8) is 0 Å². The van der Waals surface area contributed by atoms with E-state index in [1.54, 1.807) is 26.4 Å². The van der Waals surface area contributed by atoms with E-state index in [0.29, 0.717) is 23.0 Å². The Morgan fingerprint density at radius 3 is 2.88 bits per heavy atom. The molecule has 0 radical (unpaired) electrons. The number of rotatable bonds is 3. The Kier molecular flexibility index (Phi) is 2.76. The van der Waals surface area contributed by atoms with Crippen LogP contribution < -0.4 is 10.1 Å². The third kappa shape index (κ3) is 1.84. The van der Waals surface area contributed by atoms with E-state index in [2.05, 4.69) is 15.3 Å². The maximum atomic E-state index is 13.2. The Morgan fingerprint density at radius 1 is 1.44 bits per heavy atom. The van der Waals surface area contributed by atoms with Crippen LogP contribution in [0.3, 0.4) is 0 Å². The third-order valence-electron chi connectivity index (χ3n) is 2.26. The second kappa shape index (κ2) is 4.22. The highest BCUT2D eigenvalue weighted by molar-refractivity contribution is 5.67. The average Bonchev–Trinajstić information content (AvgIpc) is 2.77. The lowest BCUT2D eigenvalue weighted by Crippen LogP contribution is -1.91. The Hall–Kier alpha value is -2.04. The predicted molar refractivity (Wildman–Crippen MR) is 60.1 cm³/mol. The van der Waals surface area contributed by atoms with E-state index in [1.807, 2.05) is 0 Å². The van der Waals surface area contributed by atoms with Crippen LogP contribution in [0.4, 0.5) is 10.3 Å². The fraction of sp³-hybridized carbons (Fsp3) is 0.182. The molecule has 0 aliphatic heterocycles. The van der Waals surface area contributed by atoms with E-state index < -0.39 is 0 Å². The number of aromatic amines is 1. The molecule has 2 rings (SSSR count). The molecule has 0 spiro atoms. The van der Waals surface area contributed by atoms with Gasteiger partial charge in [0.15, 0.2) is 5.95 Å². The molecular weight excluding hydrogens is 209 g/mol. The van der Waals surface area contributed by atoms with Gasteiger partial charge in [-0.3, -0.25) is 0 Å². The molecular formula is C11H12FN3O. The summed E-state index contributed by atoms with van der Waals surface area (Å²) in [6.45, 7) is 0. The molecule has 0 atom stereocenters. The Labute approximate surface area is 92.5 Å². The number of nitrogens with one attached hydrogen (secondary N) is 2. The molecule has 0 fully saturated rings. The molecule has 16 heavy (non-hydrogen) atoms. The zero-order valence-corrected chi connectivity index (χ0v) is 9.04. The molecule has 0 aliphatic rings. The number of ether oxygens (including phenoxy) is 1. The molecule has 0 unspecified atom stereocenters. The molecule has 0 aliphatic carbocycles. The number of methoxy groups -OCH3 is 1. The minimum Gasteiger partial charge on any atom is -0.496 e. The number of H-pyrrole nitrogens is 1. The summed E-state index contributed by atoms with van der Waals surface area (Å²) in [5, 5.41) is 2.87. The highest BCUT2D eigenvalue weighted by Gasteiger charge is 2.09. The van der Waals surface area contributed by atoms with Gasteiger partial charge < -0.3 is 15.0 Å². The van der Waals surface area contributed by atoms with Crippen LogP contribution in [0.5, 0.6) is 5.75 Å². The molecule has 0 amide bonds. The Balaban J connectivity index is 2.49.